The quantitative estimate of drug-likeness (QED) is 0.735. The van der Waals surface area contributed by atoms with E-state index in [0.717, 1.165) is 19.3 Å². The third-order valence-corrected chi connectivity index (χ3v) is 4.77. The van der Waals surface area contributed by atoms with E-state index in [9.17, 15) is 9.59 Å². The van der Waals surface area contributed by atoms with Gasteiger partial charge in [0.05, 0.1) is 17.7 Å². The number of carboxylic acid groups (broad SMARTS) is 1. The van der Waals surface area contributed by atoms with Crippen LogP contribution >= 0.6 is 11.8 Å². The Morgan fingerprint density at radius 2 is 2.14 bits per heavy atom. The molecule has 0 spiro atoms. The monoisotopic (exact) mass is 311 g/mol. The molecule has 2 fully saturated rings. The van der Waals surface area contributed by atoms with Gasteiger partial charge in [-0.15, -0.1) is 5.10 Å². The van der Waals surface area contributed by atoms with E-state index in [0.29, 0.717) is 24.0 Å². The highest BCUT2D eigenvalue weighted by atomic mass is 32.2. The van der Waals surface area contributed by atoms with Crippen LogP contribution in [0.15, 0.2) is 5.16 Å². The smallest absolute Gasteiger partial charge is 0.306 e. The van der Waals surface area contributed by atoms with Crippen molar-refractivity contribution in [3.8, 4) is 0 Å². The summed E-state index contributed by atoms with van der Waals surface area (Å²) in [7, 11) is 0. The van der Waals surface area contributed by atoms with E-state index in [2.05, 4.69) is 20.8 Å². The lowest BCUT2D eigenvalue weighted by molar-refractivity contribution is -0.141. The van der Waals surface area contributed by atoms with E-state index >= 15 is 0 Å². The number of amides is 1. The van der Waals surface area contributed by atoms with Crippen LogP contribution in [0.4, 0.5) is 0 Å². The molecule has 0 aromatic carbocycles. The van der Waals surface area contributed by atoms with Crippen LogP contribution in [0.25, 0.3) is 0 Å². The molecule has 1 amide bonds. The van der Waals surface area contributed by atoms with Crippen molar-refractivity contribution < 1.29 is 14.7 Å². The highest BCUT2D eigenvalue weighted by Gasteiger charge is 2.31. The van der Waals surface area contributed by atoms with E-state index in [1.54, 1.807) is 4.68 Å². The van der Waals surface area contributed by atoms with E-state index in [-0.39, 0.29) is 23.6 Å². The van der Waals surface area contributed by atoms with Crippen molar-refractivity contribution in [2.45, 2.75) is 49.3 Å². The molecule has 3 rings (SSSR count). The first kappa shape index (κ1) is 14.3. The normalized spacial score (nSPS) is 25.0. The van der Waals surface area contributed by atoms with Gasteiger partial charge in [0.1, 0.15) is 0 Å². The number of hydrogen-bond acceptors (Lipinski definition) is 6. The Bertz CT molecular complexity index is 545. The van der Waals surface area contributed by atoms with E-state index in [4.69, 9.17) is 5.11 Å². The highest BCUT2D eigenvalue weighted by Crippen LogP contribution is 2.36. The van der Waals surface area contributed by atoms with Gasteiger partial charge in [-0.25, -0.2) is 4.68 Å². The van der Waals surface area contributed by atoms with Crippen molar-refractivity contribution in [2.24, 2.45) is 5.92 Å². The van der Waals surface area contributed by atoms with Crippen LogP contribution in [0, 0.1) is 5.92 Å². The Hall–Kier alpha value is -1.64. The molecule has 0 saturated heterocycles. The number of tetrazole rings is 1. The number of rotatable bonds is 6. The van der Waals surface area contributed by atoms with Gasteiger partial charge in [-0.2, -0.15) is 0 Å². The zero-order valence-electron chi connectivity index (χ0n) is 11.4. The number of hydrogen-bond donors (Lipinski definition) is 2. The lowest BCUT2D eigenvalue weighted by atomic mass is 10.1. The average Bonchev–Trinajstić information content (AvgIpc) is 3.00. The van der Waals surface area contributed by atoms with Gasteiger partial charge in [-0.05, 0) is 42.5 Å². The third-order valence-electron chi connectivity index (χ3n) is 3.83. The zero-order valence-corrected chi connectivity index (χ0v) is 12.3. The van der Waals surface area contributed by atoms with E-state index < -0.39 is 5.97 Å². The second-order valence-corrected chi connectivity index (χ2v) is 6.48. The summed E-state index contributed by atoms with van der Waals surface area (Å²) in [6.45, 7) is 0. The van der Waals surface area contributed by atoms with Crippen LogP contribution in [0.2, 0.25) is 0 Å². The van der Waals surface area contributed by atoms with Gasteiger partial charge < -0.3 is 10.4 Å². The lowest BCUT2D eigenvalue weighted by Crippen LogP contribution is -2.34. The third kappa shape index (κ3) is 3.52. The van der Waals surface area contributed by atoms with Gasteiger partial charge in [0.25, 0.3) is 0 Å². The summed E-state index contributed by atoms with van der Waals surface area (Å²) >= 11 is 1.32. The van der Waals surface area contributed by atoms with Crippen molar-refractivity contribution in [2.75, 3.05) is 5.75 Å². The maximum atomic E-state index is 11.9. The number of carboxylic acids is 1. The Labute approximate surface area is 125 Å². The molecule has 9 heteroatoms. The highest BCUT2D eigenvalue weighted by molar-refractivity contribution is 7.99. The second kappa shape index (κ2) is 6.00. The molecule has 0 radical (unpaired) electrons. The Morgan fingerprint density at radius 3 is 2.81 bits per heavy atom. The van der Waals surface area contributed by atoms with E-state index in [1.807, 2.05) is 0 Å². The van der Waals surface area contributed by atoms with Crippen molar-refractivity contribution in [1.82, 2.24) is 25.5 Å². The second-order valence-electron chi connectivity index (χ2n) is 5.54. The SMILES string of the molecule is O=C(CSc1nnnn1C1CC1)NC1CCC(C(=O)O)C1. The largest absolute Gasteiger partial charge is 0.481 e. The molecule has 0 aliphatic heterocycles. The minimum absolute atomic E-state index is 0.0290. The van der Waals surface area contributed by atoms with Crippen LogP contribution in [-0.2, 0) is 9.59 Å². The molecular formula is C12H17N5O3S. The number of nitrogens with one attached hydrogen (secondary N) is 1. The number of thioether (sulfide) groups is 1. The first-order valence-electron chi connectivity index (χ1n) is 7.06. The van der Waals surface area contributed by atoms with Crippen LogP contribution in [-0.4, -0.2) is 49.0 Å². The molecule has 2 aliphatic rings. The van der Waals surface area contributed by atoms with Crippen LogP contribution in [0.1, 0.15) is 38.1 Å². The Morgan fingerprint density at radius 1 is 1.33 bits per heavy atom. The molecule has 2 N–H and O–H groups in total. The molecule has 114 valence electrons. The molecule has 1 aromatic heterocycles. The zero-order chi connectivity index (χ0) is 14.8. The van der Waals surface area contributed by atoms with E-state index in [1.165, 1.54) is 11.8 Å². The fourth-order valence-corrected chi connectivity index (χ4v) is 3.32. The van der Waals surface area contributed by atoms with Gasteiger partial charge in [0.15, 0.2) is 0 Å². The fourth-order valence-electron chi connectivity index (χ4n) is 2.57. The Balaban J connectivity index is 1.44. The minimum atomic E-state index is -0.773. The van der Waals surface area contributed by atoms with Gasteiger partial charge in [0, 0.05) is 6.04 Å². The summed E-state index contributed by atoms with van der Waals surface area (Å²) < 4.78 is 1.77. The molecule has 21 heavy (non-hydrogen) atoms. The number of carbonyl (C=O) groups is 2. The van der Waals surface area contributed by atoms with Crippen molar-refractivity contribution >= 4 is 23.6 Å². The summed E-state index contributed by atoms with van der Waals surface area (Å²) in [5.41, 5.74) is 0. The van der Waals surface area contributed by atoms with Crippen LogP contribution in [0.3, 0.4) is 0 Å². The predicted octanol–water partition coefficient (Wildman–Crippen LogP) is 0.470. The van der Waals surface area contributed by atoms with Crippen molar-refractivity contribution in [3.63, 3.8) is 0 Å². The molecule has 2 unspecified atom stereocenters. The summed E-state index contributed by atoms with van der Waals surface area (Å²) in [5.74, 6) is -0.947. The average molecular weight is 311 g/mol. The summed E-state index contributed by atoms with van der Waals surface area (Å²) in [6.07, 6.45) is 4.05. The van der Waals surface area contributed by atoms with Crippen molar-refractivity contribution in [3.05, 3.63) is 0 Å². The molecule has 1 heterocycles. The molecule has 8 nitrogen and oxygen atoms in total. The molecule has 0 bridgehead atoms. The fraction of sp³-hybridized carbons (Fsp3) is 0.750. The van der Waals surface area contributed by atoms with Crippen molar-refractivity contribution in [1.29, 1.82) is 0 Å². The number of nitrogens with zero attached hydrogens (tertiary/aromatic N) is 4. The van der Waals surface area contributed by atoms with Gasteiger partial charge >= 0.3 is 5.97 Å². The topological polar surface area (TPSA) is 110 Å². The minimum Gasteiger partial charge on any atom is -0.481 e. The summed E-state index contributed by atoms with van der Waals surface area (Å²) in [5, 5.41) is 24.0. The number of aromatic nitrogens is 4. The molecular weight excluding hydrogens is 294 g/mol. The van der Waals surface area contributed by atoms with Gasteiger partial charge in [0.2, 0.25) is 11.1 Å². The molecule has 2 atom stereocenters. The maximum absolute atomic E-state index is 11.9. The first-order chi connectivity index (χ1) is 10.1. The standard InChI is InChI=1S/C12H17N5O3S/c18-10(13-8-2-1-7(5-8)11(19)20)6-21-12-14-15-16-17(12)9-3-4-9/h7-9H,1-6H2,(H,13,18)(H,19,20). The number of aliphatic carboxylic acids is 1. The van der Waals surface area contributed by atoms with Gasteiger partial charge in [-0.1, -0.05) is 11.8 Å². The predicted molar refractivity (Wildman–Crippen MR) is 73.7 cm³/mol. The summed E-state index contributed by atoms with van der Waals surface area (Å²) in [4.78, 5) is 22.8. The van der Waals surface area contributed by atoms with Crippen LogP contribution < -0.4 is 5.32 Å². The Kier molecular flexibility index (Phi) is 4.09. The lowest BCUT2D eigenvalue weighted by Gasteiger charge is -2.12. The molecule has 2 aliphatic carbocycles. The molecule has 1 aromatic rings. The van der Waals surface area contributed by atoms with Gasteiger partial charge in [-0.3, -0.25) is 9.59 Å². The summed E-state index contributed by atoms with van der Waals surface area (Å²) in [6, 6.07) is 0.357. The first-order valence-corrected chi connectivity index (χ1v) is 8.05. The maximum Gasteiger partial charge on any atom is 0.306 e. The van der Waals surface area contributed by atoms with Crippen LogP contribution in [0.5, 0.6) is 0 Å². The molecule has 2 saturated carbocycles. The number of carbonyl (C=O) groups excluding carboxylic acids is 1.